The minimum atomic E-state index is -0.0783. The second-order valence-corrected chi connectivity index (χ2v) is 6.12. The quantitative estimate of drug-likeness (QED) is 0.799. The van der Waals surface area contributed by atoms with Gasteiger partial charge in [-0.05, 0) is 18.2 Å². The van der Waals surface area contributed by atoms with Gasteiger partial charge in [-0.3, -0.25) is 9.20 Å². The van der Waals surface area contributed by atoms with E-state index in [2.05, 4.69) is 31.7 Å². The lowest BCUT2D eigenvalue weighted by atomic mass is 10.1. The summed E-state index contributed by atoms with van der Waals surface area (Å²) in [5.41, 5.74) is 4.86. The molecule has 0 radical (unpaired) electrons. The van der Waals surface area contributed by atoms with Crippen LogP contribution in [0.2, 0.25) is 0 Å². The van der Waals surface area contributed by atoms with Crippen LogP contribution in [0.25, 0.3) is 16.9 Å². The lowest BCUT2D eigenvalue weighted by Gasteiger charge is -2.28. The zero-order valence-electron chi connectivity index (χ0n) is 14.1. The summed E-state index contributed by atoms with van der Waals surface area (Å²) < 4.78 is 7.48. The minimum absolute atomic E-state index is 0.0783. The van der Waals surface area contributed by atoms with Crippen molar-refractivity contribution < 1.29 is 9.53 Å². The highest BCUT2D eigenvalue weighted by Gasteiger charge is 2.13. The van der Waals surface area contributed by atoms with Gasteiger partial charge in [0.1, 0.15) is 5.65 Å². The summed E-state index contributed by atoms with van der Waals surface area (Å²) in [7, 11) is 0. The van der Waals surface area contributed by atoms with Crippen molar-refractivity contribution in [1.82, 2.24) is 9.38 Å². The standard InChI is InChI=1S/C19H20N4O2/c1-14(24)21-16-4-2-3-15(11-16)18-13-20-19-12-17(5-6-23(18)19)22-7-9-25-10-8-22/h2-6,11-13H,7-10H2,1H3,(H,21,24). The van der Waals surface area contributed by atoms with E-state index in [-0.39, 0.29) is 5.91 Å². The predicted octanol–water partition coefficient (Wildman–Crippen LogP) is 2.80. The van der Waals surface area contributed by atoms with Gasteiger partial charge in [0.05, 0.1) is 25.1 Å². The first kappa shape index (κ1) is 15.7. The number of amides is 1. The average Bonchev–Trinajstić information content (AvgIpc) is 3.05. The largest absolute Gasteiger partial charge is 0.378 e. The van der Waals surface area contributed by atoms with E-state index in [1.54, 1.807) is 0 Å². The maximum Gasteiger partial charge on any atom is 0.221 e. The zero-order chi connectivity index (χ0) is 17.2. The van der Waals surface area contributed by atoms with Crippen LogP contribution in [0.4, 0.5) is 11.4 Å². The number of ether oxygens (including phenoxy) is 1. The summed E-state index contributed by atoms with van der Waals surface area (Å²) >= 11 is 0. The molecule has 0 saturated carbocycles. The number of fused-ring (bicyclic) bond motifs is 1. The SMILES string of the molecule is CC(=O)Nc1cccc(-c2cnc3cc(N4CCOCC4)ccn23)c1. The molecule has 1 fully saturated rings. The Morgan fingerprint density at radius 3 is 2.84 bits per heavy atom. The number of imidazole rings is 1. The molecule has 3 heterocycles. The van der Waals surface area contributed by atoms with Gasteiger partial charge in [-0.15, -0.1) is 0 Å². The normalized spacial score (nSPS) is 14.7. The van der Waals surface area contributed by atoms with Gasteiger partial charge in [-0.1, -0.05) is 12.1 Å². The molecule has 1 aliphatic heterocycles. The molecule has 0 atom stereocenters. The molecule has 1 aliphatic rings. The Kier molecular flexibility index (Phi) is 4.11. The van der Waals surface area contributed by atoms with Gasteiger partial charge in [-0.25, -0.2) is 4.98 Å². The molecule has 3 aromatic rings. The third kappa shape index (κ3) is 3.21. The molecule has 4 rings (SSSR count). The molecule has 6 heteroatoms. The fraction of sp³-hybridized carbons (Fsp3) is 0.263. The van der Waals surface area contributed by atoms with Gasteiger partial charge in [0, 0.05) is 49.2 Å². The van der Waals surface area contributed by atoms with Crippen molar-refractivity contribution in [2.24, 2.45) is 0 Å². The Hall–Kier alpha value is -2.86. The number of hydrogen-bond donors (Lipinski definition) is 1. The van der Waals surface area contributed by atoms with Crippen LogP contribution in [0.3, 0.4) is 0 Å². The maximum absolute atomic E-state index is 11.3. The lowest BCUT2D eigenvalue weighted by Crippen LogP contribution is -2.36. The Labute approximate surface area is 146 Å². The molecule has 6 nitrogen and oxygen atoms in total. The van der Waals surface area contributed by atoms with Crippen molar-refractivity contribution in [2.75, 3.05) is 36.5 Å². The van der Waals surface area contributed by atoms with E-state index < -0.39 is 0 Å². The smallest absolute Gasteiger partial charge is 0.221 e. The number of pyridine rings is 1. The second kappa shape index (κ2) is 6.57. The van der Waals surface area contributed by atoms with Crippen LogP contribution in [0.1, 0.15) is 6.92 Å². The number of benzene rings is 1. The molecule has 1 N–H and O–H groups in total. The van der Waals surface area contributed by atoms with Crippen molar-refractivity contribution in [3.8, 4) is 11.3 Å². The van der Waals surface area contributed by atoms with Gasteiger partial charge < -0.3 is 15.0 Å². The average molecular weight is 336 g/mol. The van der Waals surface area contributed by atoms with E-state index in [0.29, 0.717) is 0 Å². The zero-order valence-corrected chi connectivity index (χ0v) is 14.1. The van der Waals surface area contributed by atoms with Crippen molar-refractivity contribution in [3.05, 3.63) is 48.8 Å². The summed E-state index contributed by atoms with van der Waals surface area (Å²) in [6, 6.07) is 12.0. The molecule has 1 saturated heterocycles. The van der Waals surface area contributed by atoms with Crippen LogP contribution in [0.15, 0.2) is 48.8 Å². The molecule has 1 amide bonds. The number of hydrogen-bond acceptors (Lipinski definition) is 4. The molecule has 0 aliphatic carbocycles. The molecular formula is C19H20N4O2. The van der Waals surface area contributed by atoms with E-state index in [1.807, 2.05) is 36.7 Å². The molecule has 0 spiro atoms. The van der Waals surface area contributed by atoms with Crippen molar-refractivity contribution in [2.45, 2.75) is 6.92 Å². The highest BCUT2D eigenvalue weighted by Crippen LogP contribution is 2.26. The molecular weight excluding hydrogens is 316 g/mol. The molecule has 0 unspecified atom stereocenters. The maximum atomic E-state index is 11.3. The summed E-state index contributed by atoms with van der Waals surface area (Å²) in [6.45, 7) is 4.85. The van der Waals surface area contributed by atoms with E-state index in [4.69, 9.17) is 4.74 Å². The van der Waals surface area contributed by atoms with Gasteiger partial charge in [0.15, 0.2) is 0 Å². The topological polar surface area (TPSA) is 58.9 Å². The summed E-state index contributed by atoms with van der Waals surface area (Å²) in [4.78, 5) is 18.1. The second-order valence-electron chi connectivity index (χ2n) is 6.12. The number of nitrogens with one attached hydrogen (secondary N) is 1. The van der Waals surface area contributed by atoms with Crippen LogP contribution < -0.4 is 10.2 Å². The number of anilines is 2. The third-order valence-electron chi connectivity index (χ3n) is 4.35. The molecule has 2 aromatic heterocycles. The van der Waals surface area contributed by atoms with Crippen molar-refractivity contribution in [3.63, 3.8) is 0 Å². The van der Waals surface area contributed by atoms with E-state index in [0.717, 1.165) is 48.9 Å². The summed E-state index contributed by atoms with van der Waals surface area (Å²) in [6.07, 6.45) is 3.92. The first-order valence-corrected chi connectivity index (χ1v) is 8.38. The van der Waals surface area contributed by atoms with Crippen LogP contribution in [0, 0.1) is 0 Å². The first-order chi connectivity index (χ1) is 12.2. The van der Waals surface area contributed by atoms with E-state index in [1.165, 1.54) is 12.6 Å². The summed E-state index contributed by atoms with van der Waals surface area (Å²) in [5.74, 6) is -0.0783. The number of carbonyl (C=O) groups is 1. The molecule has 0 bridgehead atoms. The number of morpholine rings is 1. The van der Waals surface area contributed by atoms with Gasteiger partial charge in [-0.2, -0.15) is 0 Å². The predicted molar refractivity (Wildman–Crippen MR) is 98.0 cm³/mol. The number of rotatable bonds is 3. The summed E-state index contributed by atoms with van der Waals surface area (Å²) in [5, 5.41) is 2.82. The monoisotopic (exact) mass is 336 g/mol. The van der Waals surface area contributed by atoms with Crippen LogP contribution in [-0.4, -0.2) is 41.6 Å². The lowest BCUT2D eigenvalue weighted by molar-refractivity contribution is -0.114. The van der Waals surface area contributed by atoms with Crippen LogP contribution in [-0.2, 0) is 9.53 Å². The molecule has 128 valence electrons. The van der Waals surface area contributed by atoms with E-state index in [9.17, 15) is 4.79 Å². The molecule has 25 heavy (non-hydrogen) atoms. The minimum Gasteiger partial charge on any atom is -0.378 e. The Morgan fingerprint density at radius 2 is 2.04 bits per heavy atom. The van der Waals surface area contributed by atoms with Crippen LogP contribution >= 0.6 is 0 Å². The van der Waals surface area contributed by atoms with Crippen molar-refractivity contribution in [1.29, 1.82) is 0 Å². The highest BCUT2D eigenvalue weighted by molar-refractivity contribution is 5.89. The number of nitrogens with zero attached hydrogens (tertiary/aromatic N) is 3. The van der Waals surface area contributed by atoms with Gasteiger partial charge in [0.2, 0.25) is 5.91 Å². The van der Waals surface area contributed by atoms with E-state index >= 15 is 0 Å². The van der Waals surface area contributed by atoms with Gasteiger partial charge in [0.25, 0.3) is 0 Å². The fourth-order valence-electron chi connectivity index (χ4n) is 3.16. The fourth-order valence-corrected chi connectivity index (χ4v) is 3.16. The van der Waals surface area contributed by atoms with Gasteiger partial charge >= 0.3 is 0 Å². The number of carbonyl (C=O) groups excluding carboxylic acids is 1. The first-order valence-electron chi connectivity index (χ1n) is 8.38. The number of aromatic nitrogens is 2. The Bertz CT molecular complexity index is 913. The Balaban J connectivity index is 1.68. The molecule has 1 aromatic carbocycles. The third-order valence-corrected chi connectivity index (χ3v) is 4.35. The van der Waals surface area contributed by atoms with Crippen molar-refractivity contribution >= 4 is 22.9 Å². The Morgan fingerprint density at radius 1 is 1.20 bits per heavy atom. The van der Waals surface area contributed by atoms with Crippen LogP contribution in [0.5, 0.6) is 0 Å². The highest BCUT2D eigenvalue weighted by atomic mass is 16.5.